The molecule has 1 amide bonds. The van der Waals surface area contributed by atoms with Crippen LogP contribution in [0.3, 0.4) is 0 Å². The fraction of sp³-hybridized carbons (Fsp3) is 0.500. The van der Waals surface area contributed by atoms with E-state index in [4.69, 9.17) is 5.73 Å². The minimum absolute atomic E-state index is 0.0371. The molecule has 1 aliphatic heterocycles. The van der Waals surface area contributed by atoms with E-state index in [1.54, 1.807) is 0 Å². The van der Waals surface area contributed by atoms with Crippen LogP contribution >= 0.6 is 0 Å². The molecular weight excluding hydrogens is 282 g/mol. The molecule has 1 saturated heterocycles. The zero-order chi connectivity index (χ0) is 14.8. The zero-order valence-corrected chi connectivity index (χ0v) is 11.7. The lowest BCUT2D eigenvalue weighted by molar-refractivity contribution is -0.122. The minimum Gasteiger partial charge on any atom is -0.398 e. The first kappa shape index (κ1) is 14.6. The number of anilines is 1. The van der Waals surface area contributed by atoms with Crippen LogP contribution in [-0.4, -0.2) is 36.4 Å². The fourth-order valence-corrected chi connectivity index (χ4v) is 3.87. The maximum absolute atomic E-state index is 11.8. The Kier molecular flexibility index (Phi) is 4.12. The molecule has 2 rings (SSSR count). The van der Waals surface area contributed by atoms with Crippen LogP contribution in [0, 0.1) is 0 Å². The number of hydrogen-bond acceptors (Lipinski definition) is 5. The number of sulfone groups is 1. The molecule has 0 bridgehead atoms. The number of carbonyl (C=O) groups excluding carboxylic acids is 1. The number of nitrogen functional groups attached to an aromatic ring is 1. The van der Waals surface area contributed by atoms with Crippen LogP contribution in [0.5, 0.6) is 0 Å². The van der Waals surface area contributed by atoms with Crippen LogP contribution in [0.2, 0.25) is 0 Å². The van der Waals surface area contributed by atoms with Gasteiger partial charge in [0.05, 0.1) is 11.5 Å². The highest BCUT2D eigenvalue weighted by molar-refractivity contribution is 7.91. The monoisotopic (exact) mass is 299 g/mol. The Bertz CT molecular complexity index is 666. The summed E-state index contributed by atoms with van der Waals surface area (Å²) in [5.74, 6) is -0.252. The molecule has 2 heterocycles. The molecule has 1 unspecified atom stereocenters. The largest absolute Gasteiger partial charge is 0.398 e. The van der Waals surface area contributed by atoms with Crippen molar-refractivity contribution in [2.45, 2.75) is 25.4 Å². The second-order valence-electron chi connectivity index (χ2n) is 4.95. The number of nitrogens with one attached hydrogen (secondary N) is 1. The number of nitrogens with two attached hydrogens (primary N) is 1. The molecule has 0 spiro atoms. The number of amides is 1. The van der Waals surface area contributed by atoms with Crippen LogP contribution in [0.4, 0.5) is 5.69 Å². The fourth-order valence-electron chi connectivity index (χ4n) is 2.24. The molecule has 0 aromatic carbocycles. The van der Waals surface area contributed by atoms with E-state index in [-0.39, 0.29) is 35.6 Å². The first-order valence-electron chi connectivity index (χ1n) is 6.31. The van der Waals surface area contributed by atoms with E-state index in [9.17, 15) is 18.0 Å². The van der Waals surface area contributed by atoms with Gasteiger partial charge in [0.1, 0.15) is 6.54 Å². The quantitative estimate of drug-likeness (QED) is 0.753. The van der Waals surface area contributed by atoms with Gasteiger partial charge in [-0.3, -0.25) is 9.59 Å². The molecule has 1 aliphatic rings. The van der Waals surface area contributed by atoms with E-state index >= 15 is 0 Å². The van der Waals surface area contributed by atoms with Gasteiger partial charge in [0.2, 0.25) is 5.91 Å². The summed E-state index contributed by atoms with van der Waals surface area (Å²) in [5.41, 5.74) is 5.61. The SMILES string of the molecule is Nc1ccc(=O)n(CC(=O)NC2CCCS(=O)(=O)C2)c1. The van der Waals surface area contributed by atoms with Gasteiger partial charge < -0.3 is 15.6 Å². The maximum atomic E-state index is 11.8. The van der Waals surface area contributed by atoms with Crippen LogP contribution < -0.4 is 16.6 Å². The molecule has 1 aromatic rings. The highest BCUT2D eigenvalue weighted by Crippen LogP contribution is 2.11. The highest BCUT2D eigenvalue weighted by Gasteiger charge is 2.25. The van der Waals surface area contributed by atoms with Crippen LogP contribution in [-0.2, 0) is 21.2 Å². The summed E-state index contributed by atoms with van der Waals surface area (Å²) in [7, 11) is -3.07. The van der Waals surface area contributed by atoms with E-state index < -0.39 is 9.84 Å². The van der Waals surface area contributed by atoms with E-state index in [0.717, 1.165) is 0 Å². The van der Waals surface area contributed by atoms with Gasteiger partial charge in [-0.2, -0.15) is 0 Å². The summed E-state index contributed by atoms with van der Waals surface area (Å²) in [6.07, 6.45) is 2.57. The maximum Gasteiger partial charge on any atom is 0.251 e. The molecule has 20 heavy (non-hydrogen) atoms. The molecule has 0 aliphatic carbocycles. The smallest absolute Gasteiger partial charge is 0.251 e. The summed E-state index contributed by atoms with van der Waals surface area (Å²) in [4.78, 5) is 23.4. The lowest BCUT2D eigenvalue weighted by Gasteiger charge is -2.23. The zero-order valence-electron chi connectivity index (χ0n) is 10.9. The van der Waals surface area contributed by atoms with Gasteiger partial charge >= 0.3 is 0 Å². The number of rotatable bonds is 3. The van der Waals surface area contributed by atoms with Gasteiger partial charge in [-0.25, -0.2) is 8.42 Å². The summed E-state index contributed by atoms with van der Waals surface area (Å²) < 4.78 is 24.1. The third-order valence-corrected chi connectivity index (χ3v) is 4.97. The van der Waals surface area contributed by atoms with Crippen molar-refractivity contribution in [2.75, 3.05) is 17.2 Å². The minimum atomic E-state index is -3.07. The van der Waals surface area contributed by atoms with Crippen LogP contribution in [0.15, 0.2) is 23.1 Å². The van der Waals surface area contributed by atoms with Crippen LogP contribution in [0.25, 0.3) is 0 Å². The van der Waals surface area contributed by atoms with Gasteiger partial charge in [-0.15, -0.1) is 0 Å². The Morgan fingerprint density at radius 1 is 1.45 bits per heavy atom. The second kappa shape index (κ2) is 5.66. The average molecular weight is 299 g/mol. The van der Waals surface area contributed by atoms with Crippen molar-refractivity contribution in [1.82, 2.24) is 9.88 Å². The van der Waals surface area contributed by atoms with Gasteiger partial charge in [-0.1, -0.05) is 0 Å². The van der Waals surface area contributed by atoms with Crippen molar-refractivity contribution in [2.24, 2.45) is 0 Å². The normalized spacial score (nSPS) is 21.3. The third-order valence-electron chi connectivity index (χ3n) is 3.15. The Morgan fingerprint density at radius 2 is 2.20 bits per heavy atom. The van der Waals surface area contributed by atoms with E-state index in [0.29, 0.717) is 18.5 Å². The predicted octanol–water partition coefficient (Wildman–Crippen LogP) is -0.876. The van der Waals surface area contributed by atoms with Gasteiger partial charge in [-0.05, 0) is 18.9 Å². The standard InChI is InChI=1S/C12H17N3O4S/c13-9-3-4-12(17)15(6-9)7-11(16)14-10-2-1-5-20(18,19)8-10/h3-4,6,10H,1-2,5,7-8,13H2,(H,14,16). The molecule has 0 saturated carbocycles. The van der Waals surface area contributed by atoms with Gasteiger partial charge in [0, 0.05) is 24.0 Å². The Hall–Kier alpha value is -1.83. The molecule has 1 atom stereocenters. The molecule has 110 valence electrons. The summed E-state index contributed by atoms with van der Waals surface area (Å²) in [6.45, 7) is -0.166. The number of aromatic nitrogens is 1. The lowest BCUT2D eigenvalue weighted by atomic mass is 10.2. The Labute approximate surface area is 116 Å². The van der Waals surface area contributed by atoms with Gasteiger partial charge in [0.15, 0.2) is 9.84 Å². The number of hydrogen-bond donors (Lipinski definition) is 2. The van der Waals surface area contributed by atoms with Crippen molar-refractivity contribution in [3.63, 3.8) is 0 Å². The number of pyridine rings is 1. The van der Waals surface area contributed by atoms with E-state index in [1.807, 2.05) is 0 Å². The van der Waals surface area contributed by atoms with E-state index in [2.05, 4.69) is 5.32 Å². The predicted molar refractivity (Wildman–Crippen MR) is 74.9 cm³/mol. The van der Waals surface area contributed by atoms with Crippen molar-refractivity contribution in [3.8, 4) is 0 Å². The summed E-state index contributed by atoms with van der Waals surface area (Å²) in [6, 6.07) is 2.37. The second-order valence-corrected chi connectivity index (χ2v) is 7.18. The van der Waals surface area contributed by atoms with Crippen LogP contribution in [0.1, 0.15) is 12.8 Å². The summed E-state index contributed by atoms with van der Waals surface area (Å²) >= 11 is 0. The van der Waals surface area contributed by atoms with Crippen molar-refractivity contribution in [3.05, 3.63) is 28.7 Å². The molecule has 1 aromatic heterocycles. The van der Waals surface area contributed by atoms with Crippen molar-refractivity contribution < 1.29 is 13.2 Å². The summed E-state index contributed by atoms with van der Waals surface area (Å²) in [5, 5.41) is 2.65. The van der Waals surface area contributed by atoms with Crippen molar-refractivity contribution in [1.29, 1.82) is 0 Å². The lowest BCUT2D eigenvalue weighted by Crippen LogP contribution is -2.45. The first-order valence-corrected chi connectivity index (χ1v) is 8.14. The van der Waals surface area contributed by atoms with Gasteiger partial charge in [0.25, 0.3) is 5.56 Å². The topological polar surface area (TPSA) is 111 Å². The number of carbonyl (C=O) groups is 1. The molecule has 3 N–H and O–H groups in total. The Balaban J connectivity index is 1.99. The first-order chi connectivity index (χ1) is 9.35. The Morgan fingerprint density at radius 3 is 2.90 bits per heavy atom. The average Bonchev–Trinajstić information content (AvgIpc) is 2.32. The highest BCUT2D eigenvalue weighted by atomic mass is 32.2. The molecule has 1 fully saturated rings. The molecule has 8 heteroatoms. The number of nitrogens with zero attached hydrogens (tertiary/aromatic N) is 1. The molecular formula is C12H17N3O4S. The molecule has 7 nitrogen and oxygen atoms in total. The third kappa shape index (κ3) is 3.83. The van der Waals surface area contributed by atoms with E-state index in [1.165, 1.54) is 22.9 Å². The molecule has 0 radical (unpaired) electrons. The van der Waals surface area contributed by atoms with Crippen molar-refractivity contribution >= 4 is 21.4 Å².